The highest BCUT2D eigenvalue weighted by atomic mass is 32.2. The summed E-state index contributed by atoms with van der Waals surface area (Å²) in [6.07, 6.45) is 2.04. The molecule has 0 spiro atoms. The van der Waals surface area contributed by atoms with E-state index in [9.17, 15) is 9.18 Å². The molecule has 136 valence electrons. The average Bonchev–Trinajstić information content (AvgIpc) is 3.30. The van der Waals surface area contributed by atoms with Gasteiger partial charge in [-0.1, -0.05) is 30.0 Å². The van der Waals surface area contributed by atoms with E-state index in [1.54, 1.807) is 30.5 Å². The number of benzene rings is 1. The van der Waals surface area contributed by atoms with Crippen LogP contribution in [0.4, 0.5) is 4.39 Å². The Labute approximate surface area is 154 Å². The monoisotopic (exact) mass is 374 g/mol. The van der Waals surface area contributed by atoms with E-state index in [-0.39, 0.29) is 17.5 Å². The number of carbonyl (C=O) groups excluding carboxylic acids is 1. The molecule has 8 heteroatoms. The van der Waals surface area contributed by atoms with Crippen molar-refractivity contribution in [2.24, 2.45) is 0 Å². The lowest BCUT2D eigenvalue weighted by Crippen LogP contribution is -2.27. The first-order valence-corrected chi connectivity index (χ1v) is 9.27. The minimum atomic E-state index is -0.252. The number of nitrogens with zero attached hydrogens (tertiary/aromatic N) is 3. The van der Waals surface area contributed by atoms with Gasteiger partial charge in [0.25, 0.3) is 0 Å². The number of halogens is 1. The summed E-state index contributed by atoms with van der Waals surface area (Å²) in [6, 6.07) is 10.2. The molecule has 1 N–H and O–H groups in total. The minimum absolute atomic E-state index is 0.128. The first-order valence-electron chi connectivity index (χ1n) is 8.29. The highest BCUT2D eigenvalue weighted by Crippen LogP contribution is 2.24. The number of amides is 1. The summed E-state index contributed by atoms with van der Waals surface area (Å²) in [4.78, 5) is 12.0. The van der Waals surface area contributed by atoms with Gasteiger partial charge in [0, 0.05) is 13.1 Å². The summed E-state index contributed by atoms with van der Waals surface area (Å²) in [5.41, 5.74) is 0.592. The van der Waals surface area contributed by atoms with E-state index < -0.39 is 0 Å². The second-order valence-electron chi connectivity index (χ2n) is 5.51. The molecule has 26 heavy (non-hydrogen) atoms. The van der Waals surface area contributed by atoms with E-state index in [4.69, 9.17) is 4.42 Å². The van der Waals surface area contributed by atoms with Gasteiger partial charge in [0.05, 0.1) is 12.0 Å². The molecular weight excluding hydrogens is 355 g/mol. The third-order valence-corrected chi connectivity index (χ3v) is 4.75. The lowest BCUT2D eigenvalue weighted by atomic mass is 10.1. The van der Waals surface area contributed by atoms with Gasteiger partial charge < -0.3 is 9.73 Å². The maximum atomic E-state index is 13.5. The van der Waals surface area contributed by atoms with Gasteiger partial charge in [0.2, 0.25) is 5.91 Å². The molecule has 3 aromatic rings. The van der Waals surface area contributed by atoms with Crippen molar-refractivity contribution in [2.45, 2.75) is 25.0 Å². The molecule has 0 bridgehead atoms. The topological polar surface area (TPSA) is 73.0 Å². The number of hydrogen-bond acceptors (Lipinski definition) is 5. The molecule has 0 fully saturated rings. The number of nitrogens with one attached hydrogen (secondary N) is 1. The Bertz CT molecular complexity index is 864. The highest BCUT2D eigenvalue weighted by molar-refractivity contribution is 7.99. The van der Waals surface area contributed by atoms with Crippen molar-refractivity contribution in [2.75, 3.05) is 12.3 Å². The molecule has 1 amide bonds. The Morgan fingerprint density at radius 3 is 2.85 bits per heavy atom. The molecule has 0 aliphatic rings. The molecule has 0 radical (unpaired) electrons. The van der Waals surface area contributed by atoms with Crippen molar-refractivity contribution in [3.8, 4) is 11.6 Å². The molecule has 0 unspecified atom stereocenters. The standard InChI is InChI=1S/C18H19FN4O2S/c1-2-23-17(15-8-5-11-25-15)21-22-18(23)26-12-16(24)20-10-9-13-6-3-4-7-14(13)19/h3-8,11H,2,9-10,12H2,1H3,(H,20,24). The third-order valence-electron chi connectivity index (χ3n) is 3.78. The van der Waals surface area contributed by atoms with Gasteiger partial charge in [-0.05, 0) is 37.1 Å². The Morgan fingerprint density at radius 1 is 1.27 bits per heavy atom. The molecule has 0 saturated heterocycles. The van der Waals surface area contributed by atoms with E-state index in [1.807, 2.05) is 17.6 Å². The van der Waals surface area contributed by atoms with Crippen LogP contribution in [0.25, 0.3) is 11.6 Å². The summed E-state index contributed by atoms with van der Waals surface area (Å²) in [5.74, 6) is 1.11. The predicted octanol–water partition coefficient (Wildman–Crippen LogP) is 3.15. The molecule has 1 aromatic carbocycles. The minimum Gasteiger partial charge on any atom is -0.461 e. The molecule has 0 atom stereocenters. The molecule has 2 aromatic heterocycles. The van der Waals surface area contributed by atoms with Crippen LogP contribution in [0.2, 0.25) is 0 Å². The van der Waals surface area contributed by atoms with Gasteiger partial charge in [-0.15, -0.1) is 10.2 Å². The summed E-state index contributed by atoms with van der Waals surface area (Å²) in [5, 5.41) is 11.7. The summed E-state index contributed by atoms with van der Waals surface area (Å²) < 4.78 is 20.8. The number of aromatic nitrogens is 3. The van der Waals surface area contributed by atoms with E-state index in [2.05, 4.69) is 15.5 Å². The van der Waals surface area contributed by atoms with E-state index in [1.165, 1.54) is 17.8 Å². The normalized spacial score (nSPS) is 10.8. The second-order valence-corrected chi connectivity index (χ2v) is 6.45. The molecule has 3 rings (SSSR count). The fourth-order valence-electron chi connectivity index (χ4n) is 2.49. The van der Waals surface area contributed by atoms with Gasteiger partial charge >= 0.3 is 0 Å². The van der Waals surface area contributed by atoms with Crippen molar-refractivity contribution in [1.82, 2.24) is 20.1 Å². The lowest BCUT2D eigenvalue weighted by Gasteiger charge is -2.07. The van der Waals surface area contributed by atoms with Crippen molar-refractivity contribution in [3.05, 3.63) is 54.0 Å². The summed E-state index contributed by atoms with van der Waals surface area (Å²) in [6.45, 7) is 3.03. The first kappa shape index (κ1) is 18.2. The van der Waals surface area contributed by atoms with Crippen LogP contribution in [0.1, 0.15) is 12.5 Å². The number of furan rings is 1. The molecule has 6 nitrogen and oxygen atoms in total. The van der Waals surface area contributed by atoms with Gasteiger partial charge in [0.15, 0.2) is 16.7 Å². The number of rotatable bonds is 8. The third kappa shape index (κ3) is 4.32. The Balaban J connectivity index is 1.51. The Hall–Kier alpha value is -2.61. The zero-order chi connectivity index (χ0) is 18.4. The maximum absolute atomic E-state index is 13.5. The van der Waals surface area contributed by atoms with E-state index in [0.717, 1.165) is 0 Å². The summed E-state index contributed by atoms with van der Waals surface area (Å²) >= 11 is 1.31. The fourth-order valence-corrected chi connectivity index (χ4v) is 3.32. The largest absolute Gasteiger partial charge is 0.461 e. The lowest BCUT2D eigenvalue weighted by molar-refractivity contribution is -0.118. The fraction of sp³-hybridized carbons (Fsp3) is 0.278. The predicted molar refractivity (Wildman–Crippen MR) is 97.2 cm³/mol. The van der Waals surface area contributed by atoms with Crippen molar-refractivity contribution in [3.63, 3.8) is 0 Å². The molecular formula is C18H19FN4O2S. The molecule has 0 saturated carbocycles. The zero-order valence-corrected chi connectivity index (χ0v) is 15.1. The Morgan fingerprint density at radius 2 is 2.12 bits per heavy atom. The SMILES string of the molecule is CCn1c(SCC(=O)NCCc2ccccc2F)nnc1-c1ccco1. The van der Waals surface area contributed by atoms with Gasteiger partial charge in [-0.25, -0.2) is 4.39 Å². The molecule has 0 aliphatic heterocycles. The van der Waals surface area contributed by atoms with Crippen LogP contribution in [0.3, 0.4) is 0 Å². The number of hydrogen-bond donors (Lipinski definition) is 1. The van der Waals surface area contributed by atoms with Crippen LogP contribution in [0.15, 0.2) is 52.2 Å². The zero-order valence-electron chi connectivity index (χ0n) is 14.3. The maximum Gasteiger partial charge on any atom is 0.230 e. The summed E-state index contributed by atoms with van der Waals surface area (Å²) in [7, 11) is 0. The molecule has 2 heterocycles. The second kappa shape index (κ2) is 8.66. The number of thioether (sulfide) groups is 1. The van der Waals surface area contributed by atoms with Gasteiger partial charge in [0.1, 0.15) is 5.82 Å². The van der Waals surface area contributed by atoms with Crippen molar-refractivity contribution < 1.29 is 13.6 Å². The van der Waals surface area contributed by atoms with Crippen LogP contribution in [0.5, 0.6) is 0 Å². The van der Waals surface area contributed by atoms with Crippen LogP contribution >= 0.6 is 11.8 Å². The van der Waals surface area contributed by atoms with Gasteiger partial charge in [-0.2, -0.15) is 0 Å². The van der Waals surface area contributed by atoms with Crippen LogP contribution in [-0.4, -0.2) is 33.0 Å². The van der Waals surface area contributed by atoms with E-state index >= 15 is 0 Å². The average molecular weight is 374 g/mol. The van der Waals surface area contributed by atoms with Gasteiger partial charge in [-0.3, -0.25) is 9.36 Å². The number of carbonyl (C=O) groups is 1. The smallest absolute Gasteiger partial charge is 0.230 e. The van der Waals surface area contributed by atoms with Crippen LogP contribution in [0, 0.1) is 5.82 Å². The van der Waals surface area contributed by atoms with Crippen LogP contribution < -0.4 is 5.32 Å². The van der Waals surface area contributed by atoms with Crippen LogP contribution in [-0.2, 0) is 17.8 Å². The quantitative estimate of drug-likeness (QED) is 0.613. The first-order chi connectivity index (χ1) is 12.7. The van der Waals surface area contributed by atoms with Crippen molar-refractivity contribution >= 4 is 17.7 Å². The van der Waals surface area contributed by atoms with Crippen molar-refractivity contribution in [1.29, 1.82) is 0 Å². The Kier molecular flexibility index (Phi) is 6.06. The molecule has 0 aliphatic carbocycles. The highest BCUT2D eigenvalue weighted by Gasteiger charge is 2.16. The van der Waals surface area contributed by atoms with E-state index in [0.29, 0.717) is 41.8 Å².